The zero-order chi connectivity index (χ0) is 13.9. The molecule has 0 unspecified atom stereocenters. The largest absolute Gasteiger partial charge is 0.398 e. The van der Waals surface area contributed by atoms with E-state index in [4.69, 9.17) is 10.5 Å². The first kappa shape index (κ1) is 14.6. The van der Waals surface area contributed by atoms with Gasteiger partial charge in [0.05, 0.1) is 5.69 Å². The summed E-state index contributed by atoms with van der Waals surface area (Å²) in [6.07, 6.45) is 2.03. The maximum absolute atomic E-state index is 11.7. The number of hydrogen-bond donors (Lipinski definition) is 2. The van der Waals surface area contributed by atoms with Crippen molar-refractivity contribution in [1.82, 2.24) is 4.72 Å². The van der Waals surface area contributed by atoms with Crippen molar-refractivity contribution < 1.29 is 13.2 Å². The van der Waals surface area contributed by atoms with Crippen molar-refractivity contribution in [1.29, 1.82) is 0 Å². The highest BCUT2D eigenvalue weighted by Gasteiger charge is 2.18. The van der Waals surface area contributed by atoms with Gasteiger partial charge in [-0.15, -0.1) is 11.8 Å². The number of rotatable bonds is 4. The third-order valence-electron chi connectivity index (χ3n) is 3.01. The van der Waals surface area contributed by atoms with E-state index in [0.29, 0.717) is 5.25 Å². The normalized spacial score (nSPS) is 17.5. The fourth-order valence-corrected chi connectivity index (χ4v) is 3.93. The molecule has 19 heavy (non-hydrogen) atoms. The second kappa shape index (κ2) is 6.13. The predicted molar refractivity (Wildman–Crippen MR) is 76.8 cm³/mol. The van der Waals surface area contributed by atoms with Crippen LogP contribution >= 0.6 is 11.8 Å². The standard InChI is InChI=1S/C12H18N2O3S2/c1-14-19(15,16)12-3-2-10(8-11(12)13)18-9-4-6-17-7-5-9/h2-3,8-9,14H,4-7,13H2,1H3. The van der Waals surface area contributed by atoms with Crippen molar-refractivity contribution in [3.8, 4) is 0 Å². The Morgan fingerprint density at radius 1 is 1.37 bits per heavy atom. The van der Waals surface area contributed by atoms with Crippen LogP contribution in [0.3, 0.4) is 0 Å². The second-order valence-corrected chi connectivity index (χ2v) is 7.57. The first-order chi connectivity index (χ1) is 9.03. The quantitative estimate of drug-likeness (QED) is 0.823. The van der Waals surface area contributed by atoms with Gasteiger partial charge in [-0.05, 0) is 38.1 Å². The van der Waals surface area contributed by atoms with Crippen LogP contribution in [0, 0.1) is 0 Å². The van der Waals surface area contributed by atoms with Gasteiger partial charge in [0.1, 0.15) is 4.90 Å². The summed E-state index contributed by atoms with van der Waals surface area (Å²) in [6.45, 7) is 1.58. The van der Waals surface area contributed by atoms with Gasteiger partial charge >= 0.3 is 0 Å². The SMILES string of the molecule is CNS(=O)(=O)c1ccc(SC2CCOCC2)cc1N. The van der Waals surface area contributed by atoms with Gasteiger partial charge in [-0.1, -0.05) is 0 Å². The number of hydrogen-bond acceptors (Lipinski definition) is 5. The number of nitrogen functional groups attached to an aromatic ring is 1. The number of thioether (sulfide) groups is 1. The van der Waals surface area contributed by atoms with E-state index in [2.05, 4.69) is 4.72 Å². The van der Waals surface area contributed by atoms with Crippen LogP contribution in [0.4, 0.5) is 5.69 Å². The number of ether oxygens (including phenoxy) is 1. The molecule has 3 N–H and O–H groups in total. The molecule has 0 aliphatic carbocycles. The second-order valence-electron chi connectivity index (χ2n) is 4.34. The third kappa shape index (κ3) is 3.62. The molecule has 5 nitrogen and oxygen atoms in total. The Labute approximate surface area is 118 Å². The molecule has 1 saturated heterocycles. The summed E-state index contributed by atoms with van der Waals surface area (Å²) in [7, 11) is -2.11. The van der Waals surface area contributed by atoms with Crippen LogP contribution in [-0.4, -0.2) is 33.9 Å². The molecule has 0 saturated carbocycles. The Kier molecular flexibility index (Phi) is 4.72. The zero-order valence-corrected chi connectivity index (χ0v) is 12.4. The van der Waals surface area contributed by atoms with Crippen molar-refractivity contribution in [3.63, 3.8) is 0 Å². The predicted octanol–water partition coefficient (Wildman–Crippen LogP) is 1.45. The number of nitrogens with one attached hydrogen (secondary N) is 1. The van der Waals surface area contributed by atoms with Crippen LogP contribution in [0.2, 0.25) is 0 Å². The molecule has 2 rings (SSSR count). The summed E-state index contributed by atoms with van der Waals surface area (Å²) < 4.78 is 31.0. The van der Waals surface area contributed by atoms with Gasteiger partial charge in [0.15, 0.2) is 0 Å². The van der Waals surface area contributed by atoms with Crippen molar-refractivity contribution in [2.24, 2.45) is 0 Å². The molecular weight excluding hydrogens is 284 g/mol. The van der Waals surface area contributed by atoms with E-state index in [-0.39, 0.29) is 10.6 Å². The van der Waals surface area contributed by atoms with E-state index in [1.807, 2.05) is 0 Å². The molecule has 1 aliphatic heterocycles. The molecule has 0 radical (unpaired) electrons. The van der Waals surface area contributed by atoms with Gasteiger partial charge < -0.3 is 10.5 Å². The third-order valence-corrected chi connectivity index (χ3v) is 5.83. The summed E-state index contributed by atoms with van der Waals surface area (Å²) in [5.74, 6) is 0. The molecule has 1 aliphatic rings. The Morgan fingerprint density at radius 3 is 2.63 bits per heavy atom. The van der Waals surface area contributed by atoms with E-state index >= 15 is 0 Å². The minimum Gasteiger partial charge on any atom is -0.398 e. The Hall–Kier alpha value is -0.760. The van der Waals surface area contributed by atoms with E-state index < -0.39 is 10.0 Å². The average molecular weight is 302 g/mol. The van der Waals surface area contributed by atoms with Crippen molar-refractivity contribution in [3.05, 3.63) is 18.2 Å². The van der Waals surface area contributed by atoms with Crippen LogP contribution in [0.15, 0.2) is 28.0 Å². The topological polar surface area (TPSA) is 81.4 Å². The molecule has 1 fully saturated rings. The van der Waals surface area contributed by atoms with Gasteiger partial charge in [0.2, 0.25) is 10.0 Å². The molecule has 1 heterocycles. The Balaban J connectivity index is 2.14. The van der Waals surface area contributed by atoms with E-state index in [1.165, 1.54) is 7.05 Å². The lowest BCUT2D eigenvalue weighted by atomic mass is 10.2. The summed E-state index contributed by atoms with van der Waals surface area (Å²) in [4.78, 5) is 1.13. The fourth-order valence-electron chi connectivity index (χ4n) is 1.94. The van der Waals surface area contributed by atoms with Crippen LogP contribution in [0.1, 0.15) is 12.8 Å². The Morgan fingerprint density at radius 2 is 2.05 bits per heavy atom. The maximum atomic E-state index is 11.7. The van der Waals surface area contributed by atoms with Gasteiger partial charge in [-0.25, -0.2) is 13.1 Å². The number of sulfonamides is 1. The maximum Gasteiger partial charge on any atom is 0.242 e. The van der Waals surface area contributed by atoms with Crippen molar-refractivity contribution in [2.45, 2.75) is 27.9 Å². The van der Waals surface area contributed by atoms with Crippen LogP contribution in [0.5, 0.6) is 0 Å². The highest BCUT2D eigenvalue weighted by atomic mass is 32.2. The van der Waals surface area contributed by atoms with Crippen LogP contribution < -0.4 is 10.5 Å². The molecule has 1 aromatic rings. The highest BCUT2D eigenvalue weighted by molar-refractivity contribution is 8.00. The lowest BCUT2D eigenvalue weighted by molar-refractivity contribution is 0.100. The number of anilines is 1. The lowest BCUT2D eigenvalue weighted by Crippen LogP contribution is -2.20. The van der Waals surface area contributed by atoms with E-state index in [0.717, 1.165) is 31.0 Å². The van der Waals surface area contributed by atoms with Crippen molar-refractivity contribution in [2.75, 3.05) is 26.0 Å². The minimum absolute atomic E-state index is 0.131. The monoisotopic (exact) mass is 302 g/mol. The fraction of sp³-hybridized carbons (Fsp3) is 0.500. The van der Waals surface area contributed by atoms with Gasteiger partial charge in [0.25, 0.3) is 0 Å². The first-order valence-electron chi connectivity index (χ1n) is 6.10. The molecule has 106 valence electrons. The first-order valence-corrected chi connectivity index (χ1v) is 8.46. The molecular formula is C12H18N2O3S2. The van der Waals surface area contributed by atoms with Gasteiger partial charge in [0, 0.05) is 23.4 Å². The molecule has 0 aromatic heterocycles. The molecule has 0 spiro atoms. The van der Waals surface area contributed by atoms with Gasteiger partial charge in [-0.2, -0.15) is 0 Å². The molecule has 0 amide bonds. The summed E-state index contributed by atoms with van der Waals surface area (Å²) in [5.41, 5.74) is 6.11. The minimum atomic E-state index is -3.48. The van der Waals surface area contributed by atoms with E-state index in [1.54, 1.807) is 30.0 Å². The van der Waals surface area contributed by atoms with Gasteiger partial charge in [-0.3, -0.25) is 0 Å². The van der Waals surface area contributed by atoms with Crippen molar-refractivity contribution >= 4 is 27.5 Å². The zero-order valence-electron chi connectivity index (χ0n) is 10.8. The summed E-state index contributed by atoms with van der Waals surface area (Å²) in [5, 5.41) is 0.514. The smallest absolute Gasteiger partial charge is 0.242 e. The molecule has 7 heteroatoms. The Bertz CT molecular complexity index is 540. The number of benzene rings is 1. The van der Waals surface area contributed by atoms with E-state index in [9.17, 15) is 8.42 Å². The molecule has 0 bridgehead atoms. The van der Waals surface area contributed by atoms with Crippen LogP contribution in [-0.2, 0) is 14.8 Å². The van der Waals surface area contributed by atoms with Crippen LogP contribution in [0.25, 0.3) is 0 Å². The highest BCUT2D eigenvalue weighted by Crippen LogP contribution is 2.32. The summed E-state index contributed by atoms with van der Waals surface area (Å²) in [6, 6.07) is 5.09. The number of nitrogens with two attached hydrogens (primary N) is 1. The molecule has 1 aromatic carbocycles. The average Bonchev–Trinajstić information content (AvgIpc) is 2.39. The summed E-state index contributed by atoms with van der Waals surface area (Å²) >= 11 is 1.73. The molecule has 0 atom stereocenters. The lowest BCUT2D eigenvalue weighted by Gasteiger charge is -2.21.